The maximum atomic E-state index is 11.9. The average Bonchev–Trinajstić information content (AvgIpc) is 2.13. The molecule has 1 aliphatic rings. The van der Waals surface area contributed by atoms with E-state index in [4.69, 9.17) is 0 Å². The SMILES string of the molecule is CC1(C)CCCNC1C(=O)NCC(F)F. The molecule has 5 heteroatoms. The summed E-state index contributed by atoms with van der Waals surface area (Å²) in [6.45, 7) is 4.17. The zero-order valence-corrected chi connectivity index (χ0v) is 9.15. The van der Waals surface area contributed by atoms with Gasteiger partial charge >= 0.3 is 0 Å². The van der Waals surface area contributed by atoms with Gasteiger partial charge in [0.2, 0.25) is 5.91 Å². The smallest absolute Gasteiger partial charge is 0.255 e. The Labute approximate surface area is 88.6 Å². The van der Waals surface area contributed by atoms with E-state index in [2.05, 4.69) is 10.6 Å². The molecule has 1 saturated heterocycles. The highest BCUT2D eigenvalue weighted by Gasteiger charge is 2.36. The van der Waals surface area contributed by atoms with Crippen LogP contribution < -0.4 is 10.6 Å². The Morgan fingerprint density at radius 2 is 2.27 bits per heavy atom. The fourth-order valence-electron chi connectivity index (χ4n) is 1.94. The second-order valence-corrected chi connectivity index (χ2v) is 4.62. The highest BCUT2D eigenvalue weighted by molar-refractivity contribution is 5.82. The maximum Gasteiger partial charge on any atom is 0.255 e. The van der Waals surface area contributed by atoms with Crippen molar-refractivity contribution in [3.63, 3.8) is 0 Å². The minimum Gasteiger partial charge on any atom is -0.349 e. The van der Waals surface area contributed by atoms with Crippen molar-refractivity contribution in [1.82, 2.24) is 10.6 Å². The summed E-state index contributed by atoms with van der Waals surface area (Å²) in [6.07, 6.45) is -0.529. The largest absolute Gasteiger partial charge is 0.349 e. The van der Waals surface area contributed by atoms with Gasteiger partial charge in [0.05, 0.1) is 12.6 Å². The summed E-state index contributed by atoms with van der Waals surface area (Å²) in [7, 11) is 0. The normalized spacial score (nSPS) is 25.3. The molecule has 0 aromatic rings. The van der Waals surface area contributed by atoms with Crippen LogP contribution in [0.15, 0.2) is 0 Å². The molecule has 0 saturated carbocycles. The molecule has 1 atom stereocenters. The van der Waals surface area contributed by atoms with Gasteiger partial charge in [-0.2, -0.15) is 0 Å². The van der Waals surface area contributed by atoms with Crippen molar-refractivity contribution in [2.45, 2.75) is 39.2 Å². The molecule has 0 aliphatic carbocycles. The van der Waals surface area contributed by atoms with Crippen LogP contribution in [0, 0.1) is 5.41 Å². The summed E-state index contributed by atoms with van der Waals surface area (Å²) in [5.41, 5.74) is -0.162. The molecule has 1 fully saturated rings. The number of carbonyl (C=O) groups is 1. The number of rotatable bonds is 3. The first-order chi connectivity index (χ1) is 6.93. The van der Waals surface area contributed by atoms with Crippen LogP contribution in [0.4, 0.5) is 8.78 Å². The van der Waals surface area contributed by atoms with Gasteiger partial charge in [0, 0.05) is 0 Å². The summed E-state index contributed by atoms with van der Waals surface area (Å²) >= 11 is 0. The van der Waals surface area contributed by atoms with Crippen molar-refractivity contribution in [3.8, 4) is 0 Å². The van der Waals surface area contributed by atoms with Gasteiger partial charge in [0.15, 0.2) is 0 Å². The number of hydrogen-bond acceptors (Lipinski definition) is 2. The van der Waals surface area contributed by atoms with Gasteiger partial charge in [0.1, 0.15) is 0 Å². The minimum absolute atomic E-state index is 0.162. The summed E-state index contributed by atoms with van der Waals surface area (Å²) in [5, 5.41) is 5.33. The number of piperidine rings is 1. The Balaban J connectivity index is 2.49. The Bertz CT molecular complexity index is 231. The molecule has 0 spiro atoms. The van der Waals surface area contributed by atoms with E-state index in [1.165, 1.54) is 0 Å². The van der Waals surface area contributed by atoms with E-state index in [1.54, 1.807) is 0 Å². The van der Waals surface area contributed by atoms with Crippen LogP contribution in [-0.4, -0.2) is 31.5 Å². The van der Waals surface area contributed by atoms with Gasteiger partial charge in [-0.25, -0.2) is 8.78 Å². The van der Waals surface area contributed by atoms with Crippen molar-refractivity contribution in [3.05, 3.63) is 0 Å². The van der Waals surface area contributed by atoms with E-state index in [-0.39, 0.29) is 17.4 Å². The van der Waals surface area contributed by atoms with Crippen molar-refractivity contribution in [2.75, 3.05) is 13.1 Å². The first kappa shape index (κ1) is 12.4. The number of alkyl halides is 2. The van der Waals surface area contributed by atoms with Gasteiger partial charge in [-0.05, 0) is 24.8 Å². The molecule has 3 nitrogen and oxygen atoms in total. The quantitative estimate of drug-likeness (QED) is 0.749. The number of halogens is 2. The van der Waals surface area contributed by atoms with Crippen LogP contribution in [0.3, 0.4) is 0 Å². The standard InChI is InChI=1S/C10H18F2N2O/c1-10(2)4-3-5-13-8(10)9(15)14-6-7(11)12/h7-8,13H,3-6H2,1-2H3,(H,14,15). The highest BCUT2D eigenvalue weighted by Crippen LogP contribution is 2.29. The zero-order chi connectivity index (χ0) is 11.5. The predicted molar refractivity (Wildman–Crippen MR) is 53.8 cm³/mol. The van der Waals surface area contributed by atoms with Crippen molar-refractivity contribution in [2.24, 2.45) is 5.41 Å². The minimum atomic E-state index is -2.49. The van der Waals surface area contributed by atoms with E-state index in [9.17, 15) is 13.6 Å². The number of hydrogen-bond donors (Lipinski definition) is 2. The molecular weight excluding hydrogens is 202 g/mol. The average molecular weight is 220 g/mol. The molecule has 1 amide bonds. The van der Waals surface area contributed by atoms with Crippen LogP contribution >= 0.6 is 0 Å². The molecular formula is C10H18F2N2O. The lowest BCUT2D eigenvalue weighted by atomic mass is 9.77. The first-order valence-corrected chi connectivity index (χ1v) is 5.23. The third-order valence-corrected chi connectivity index (χ3v) is 2.82. The molecule has 0 radical (unpaired) electrons. The second-order valence-electron chi connectivity index (χ2n) is 4.62. The van der Waals surface area contributed by atoms with Gasteiger partial charge in [-0.15, -0.1) is 0 Å². The van der Waals surface area contributed by atoms with Gasteiger partial charge in [-0.1, -0.05) is 13.8 Å². The van der Waals surface area contributed by atoms with Crippen molar-refractivity contribution >= 4 is 5.91 Å². The highest BCUT2D eigenvalue weighted by atomic mass is 19.3. The Morgan fingerprint density at radius 3 is 2.80 bits per heavy atom. The number of amides is 1. The van der Waals surface area contributed by atoms with E-state index < -0.39 is 13.0 Å². The lowest BCUT2D eigenvalue weighted by Gasteiger charge is -2.38. The molecule has 88 valence electrons. The molecule has 1 aliphatic heterocycles. The molecule has 2 N–H and O–H groups in total. The number of carbonyl (C=O) groups excluding carboxylic acids is 1. The fourth-order valence-corrected chi connectivity index (χ4v) is 1.94. The molecule has 1 rings (SSSR count). The number of nitrogens with one attached hydrogen (secondary N) is 2. The zero-order valence-electron chi connectivity index (χ0n) is 9.15. The maximum absolute atomic E-state index is 11.9. The van der Waals surface area contributed by atoms with Crippen molar-refractivity contribution < 1.29 is 13.6 Å². The van der Waals surface area contributed by atoms with E-state index in [1.807, 2.05) is 13.8 Å². The summed E-state index contributed by atoms with van der Waals surface area (Å²) in [4.78, 5) is 11.6. The lowest BCUT2D eigenvalue weighted by Crippen LogP contribution is -2.56. The predicted octanol–water partition coefficient (Wildman–Crippen LogP) is 1.15. The third kappa shape index (κ3) is 3.41. The summed E-state index contributed by atoms with van der Waals surface area (Å²) in [5.74, 6) is -0.319. The van der Waals surface area contributed by atoms with Crippen LogP contribution in [0.5, 0.6) is 0 Å². The summed E-state index contributed by atoms with van der Waals surface area (Å²) in [6, 6.07) is -0.356. The topological polar surface area (TPSA) is 41.1 Å². The Hall–Kier alpha value is -0.710. The fraction of sp³-hybridized carbons (Fsp3) is 0.900. The van der Waals surface area contributed by atoms with E-state index >= 15 is 0 Å². The van der Waals surface area contributed by atoms with Crippen molar-refractivity contribution in [1.29, 1.82) is 0 Å². The Kier molecular flexibility index (Phi) is 4.02. The third-order valence-electron chi connectivity index (χ3n) is 2.82. The van der Waals surface area contributed by atoms with Crippen LogP contribution in [0.25, 0.3) is 0 Å². The van der Waals surface area contributed by atoms with Gasteiger partial charge in [-0.3, -0.25) is 4.79 Å². The van der Waals surface area contributed by atoms with Gasteiger partial charge < -0.3 is 10.6 Å². The monoisotopic (exact) mass is 220 g/mol. The van der Waals surface area contributed by atoms with Crippen LogP contribution in [0.1, 0.15) is 26.7 Å². The lowest BCUT2D eigenvalue weighted by molar-refractivity contribution is -0.127. The van der Waals surface area contributed by atoms with Crippen LogP contribution in [0.2, 0.25) is 0 Å². The van der Waals surface area contributed by atoms with Gasteiger partial charge in [0.25, 0.3) is 6.43 Å². The first-order valence-electron chi connectivity index (χ1n) is 5.23. The van der Waals surface area contributed by atoms with Crippen LogP contribution in [-0.2, 0) is 4.79 Å². The molecule has 1 unspecified atom stereocenters. The Morgan fingerprint density at radius 1 is 1.60 bits per heavy atom. The van der Waals surface area contributed by atoms with E-state index in [0.717, 1.165) is 19.4 Å². The molecule has 0 bridgehead atoms. The van der Waals surface area contributed by atoms with E-state index in [0.29, 0.717) is 0 Å². The summed E-state index contributed by atoms with van der Waals surface area (Å²) < 4.78 is 23.8. The molecule has 0 aromatic heterocycles. The molecule has 1 heterocycles. The molecule has 15 heavy (non-hydrogen) atoms. The second kappa shape index (κ2) is 4.88. The molecule has 0 aromatic carbocycles.